The van der Waals surface area contributed by atoms with Crippen molar-refractivity contribution in [3.05, 3.63) is 71.5 Å². The highest BCUT2D eigenvalue weighted by molar-refractivity contribution is 7.90. The van der Waals surface area contributed by atoms with Gasteiger partial charge in [0.1, 0.15) is 22.4 Å². The number of ether oxygens (including phenoxy) is 1. The van der Waals surface area contributed by atoms with Crippen molar-refractivity contribution in [3.63, 3.8) is 0 Å². The van der Waals surface area contributed by atoms with E-state index in [-0.39, 0.29) is 36.3 Å². The van der Waals surface area contributed by atoms with Crippen LogP contribution < -0.4 is 0 Å². The highest BCUT2D eigenvalue weighted by Crippen LogP contribution is 2.43. The quantitative estimate of drug-likeness (QED) is 0.458. The molecule has 0 spiro atoms. The standard InChI is InChI=1S/C27H39FN2O5SSi/c1-20-29-27(22-15-11-12-16-23(22)28,19-34-17-21-13-9-8-10-14-21)25(36(32,33)30(20)5)24(31)18-35-37(6,7)26(2,3)4/h8-16,24-25,31H,17-19H2,1-7H3. The number of aliphatic hydroxyl groups excluding tert-OH is 1. The fourth-order valence-electron chi connectivity index (χ4n) is 4.25. The zero-order chi connectivity index (χ0) is 27.6. The number of sulfonamides is 1. The second kappa shape index (κ2) is 10.9. The Balaban J connectivity index is 2.10. The topological polar surface area (TPSA) is 88.4 Å². The molecule has 37 heavy (non-hydrogen) atoms. The molecular formula is C27H39FN2O5SSi. The van der Waals surface area contributed by atoms with E-state index in [1.807, 2.05) is 43.4 Å². The first-order chi connectivity index (χ1) is 17.1. The van der Waals surface area contributed by atoms with E-state index in [1.54, 1.807) is 13.0 Å². The van der Waals surface area contributed by atoms with Gasteiger partial charge < -0.3 is 14.3 Å². The molecule has 0 bridgehead atoms. The third-order valence-corrected chi connectivity index (χ3v) is 14.4. The van der Waals surface area contributed by atoms with Crippen LogP contribution in [0.3, 0.4) is 0 Å². The van der Waals surface area contributed by atoms with E-state index in [1.165, 1.54) is 25.2 Å². The number of nitrogens with zero attached hydrogens (tertiary/aromatic N) is 2. The molecule has 0 fully saturated rings. The third-order valence-electron chi connectivity index (χ3n) is 7.53. The molecule has 3 unspecified atom stereocenters. The second-order valence-corrected chi connectivity index (χ2v) is 18.0. The predicted molar refractivity (Wildman–Crippen MR) is 147 cm³/mol. The molecule has 0 saturated heterocycles. The van der Waals surface area contributed by atoms with Crippen molar-refractivity contribution < 1.29 is 27.1 Å². The van der Waals surface area contributed by atoms with Crippen LogP contribution in [0.1, 0.15) is 38.8 Å². The van der Waals surface area contributed by atoms with Gasteiger partial charge in [0, 0.05) is 12.6 Å². The van der Waals surface area contributed by atoms with Crippen LogP contribution in [-0.4, -0.2) is 63.6 Å². The minimum absolute atomic E-state index is 0.0514. The maximum absolute atomic E-state index is 15.4. The molecular weight excluding hydrogens is 511 g/mol. The summed E-state index contributed by atoms with van der Waals surface area (Å²) < 4.78 is 56.4. The average Bonchev–Trinajstić information content (AvgIpc) is 2.81. The van der Waals surface area contributed by atoms with E-state index in [0.29, 0.717) is 0 Å². The van der Waals surface area contributed by atoms with E-state index in [4.69, 9.17) is 14.2 Å². The summed E-state index contributed by atoms with van der Waals surface area (Å²) >= 11 is 0. The summed E-state index contributed by atoms with van der Waals surface area (Å²) in [6, 6.07) is 15.3. The van der Waals surface area contributed by atoms with Crippen LogP contribution in [0.5, 0.6) is 0 Å². The van der Waals surface area contributed by atoms with Gasteiger partial charge in [-0.3, -0.25) is 9.30 Å². The summed E-state index contributed by atoms with van der Waals surface area (Å²) in [7, 11) is -5.12. The lowest BCUT2D eigenvalue weighted by Crippen LogP contribution is -2.62. The van der Waals surface area contributed by atoms with E-state index >= 15 is 4.39 Å². The van der Waals surface area contributed by atoms with Crippen molar-refractivity contribution in [3.8, 4) is 0 Å². The summed E-state index contributed by atoms with van der Waals surface area (Å²) in [4.78, 5) is 4.74. The smallest absolute Gasteiger partial charge is 0.244 e. The Morgan fingerprint density at radius 2 is 1.73 bits per heavy atom. The Labute approximate surface area is 221 Å². The maximum atomic E-state index is 15.4. The predicted octanol–water partition coefficient (Wildman–Crippen LogP) is 4.68. The summed E-state index contributed by atoms with van der Waals surface area (Å²) in [6.45, 7) is 11.5. The molecule has 0 saturated carbocycles. The molecule has 2 aromatic carbocycles. The Morgan fingerprint density at radius 3 is 2.32 bits per heavy atom. The van der Waals surface area contributed by atoms with Crippen molar-refractivity contribution in [2.24, 2.45) is 4.99 Å². The zero-order valence-corrected chi connectivity index (χ0v) is 24.5. The van der Waals surface area contributed by atoms with Gasteiger partial charge in [-0.25, -0.2) is 12.8 Å². The molecule has 0 aromatic heterocycles. The number of halogens is 1. The molecule has 10 heteroatoms. The number of hydrogen-bond acceptors (Lipinski definition) is 6. The lowest BCUT2D eigenvalue weighted by Gasteiger charge is -2.46. The van der Waals surface area contributed by atoms with E-state index in [2.05, 4.69) is 20.8 Å². The van der Waals surface area contributed by atoms with Crippen LogP contribution in [0.15, 0.2) is 59.6 Å². The Kier molecular flexibility index (Phi) is 8.70. The SMILES string of the molecule is CC1=NC(COCc2ccccc2)(c2ccccc2F)C(C(O)CO[Si](C)(C)C(C)(C)C)S(=O)(=O)N1C. The molecule has 0 radical (unpaired) electrons. The fraction of sp³-hybridized carbons (Fsp3) is 0.519. The molecule has 7 nitrogen and oxygen atoms in total. The Morgan fingerprint density at radius 1 is 1.14 bits per heavy atom. The van der Waals surface area contributed by atoms with Crippen molar-refractivity contribution in [1.82, 2.24) is 4.31 Å². The largest absolute Gasteiger partial charge is 0.414 e. The molecule has 2 aromatic rings. The van der Waals surface area contributed by atoms with Crippen molar-refractivity contribution in [2.75, 3.05) is 20.3 Å². The molecule has 1 N–H and O–H groups in total. The van der Waals surface area contributed by atoms with Gasteiger partial charge in [0.25, 0.3) is 0 Å². The number of aliphatic hydroxyl groups is 1. The number of amidine groups is 1. The van der Waals surface area contributed by atoms with Gasteiger partial charge in [-0.1, -0.05) is 69.3 Å². The van der Waals surface area contributed by atoms with E-state index in [0.717, 1.165) is 9.87 Å². The van der Waals surface area contributed by atoms with E-state index in [9.17, 15) is 13.5 Å². The second-order valence-electron chi connectivity index (χ2n) is 11.1. The van der Waals surface area contributed by atoms with Gasteiger partial charge in [-0.15, -0.1) is 0 Å². The average molecular weight is 551 g/mol. The van der Waals surface area contributed by atoms with E-state index < -0.39 is 41.1 Å². The summed E-state index contributed by atoms with van der Waals surface area (Å²) in [6.07, 6.45) is -1.49. The summed E-state index contributed by atoms with van der Waals surface area (Å²) in [5, 5.41) is 9.81. The Bertz CT molecular complexity index is 1220. The van der Waals surface area contributed by atoms with Crippen LogP contribution >= 0.6 is 0 Å². The highest BCUT2D eigenvalue weighted by atomic mass is 32.2. The minimum Gasteiger partial charge on any atom is -0.414 e. The maximum Gasteiger partial charge on any atom is 0.244 e. The van der Waals surface area contributed by atoms with Crippen molar-refractivity contribution in [2.45, 2.75) is 69.3 Å². The molecule has 204 valence electrons. The lowest BCUT2D eigenvalue weighted by molar-refractivity contribution is 0.0255. The van der Waals surface area contributed by atoms with Crippen LogP contribution in [0.25, 0.3) is 0 Å². The number of aliphatic imine (C=N–C) groups is 1. The molecule has 0 amide bonds. The van der Waals surface area contributed by atoms with Gasteiger partial charge in [-0.2, -0.15) is 0 Å². The van der Waals surface area contributed by atoms with Crippen molar-refractivity contribution in [1.29, 1.82) is 0 Å². The van der Waals surface area contributed by atoms with Gasteiger partial charge in [0.2, 0.25) is 10.0 Å². The van der Waals surface area contributed by atoms with Crippen molar-refractivity contribution >= 4 is 24.2 Å². The number of hydrogen-bond donors (Lipinski definition) is 1. The highest BCUT2D eigenvalue weighted by Gasteiger charge is 2.57. The molecule has 1 aliphatic rings. The first-order valence-corrected chi connectivity index (χ1v) is 16.8. The summed E-state index contributed by atoms with van der Waals surface area (Å²) in [5.41, 5.74) is -0.803. The van der Waals surface area contributed by atoms with Gasteiger partial charge in [-0.05, 0) is 36.7 Å². The van der Waals surface area contributed by atoms with Crippen LogP contribution in [0.2, 0.25) is 18.1 Å². The summed E-state index contributed by atoms with van der Waals surface area (Å²) in [5.74, 6) is -0.440. The van der Waals surface area contributed by atoms with Crippen LogP contribution in [0.4, 0.5) is 4.39 Å². The number of rotatable bonds is 9. The first kappa shape index (κ1) is 29.4. The third kappa shape index (κ3) is 5.98. The van der Waals surface area contributed by atoms with Gasteiger partial charge in [0.05, 0.1) is 25.9 Å². The molecule has 3 atom stereocenters. The molecule has 1 heterocycles. The van der Waals surface area contributed by atoms with Gasteiger partial charge >= 0.3 is 0 Å². The number of benzene rings is 2. The molecule has 0 aliphatic carbocycles. The molecule has 1 aliphatic heterocycles. The van der Waals surface area contributed by atoms with Crippen LogP contribution in [0, 0.1) is 5.82 Å². The minimum atomic E-state index is -4.18. The van der Waals surface area contributed by atoms with Gasteiger partial charge in [0.15, 0.2) is 8.32 Å². The monoisotopic (exact) mass is 550 g/mol. The Hall–Kier alpha value is -2.11. The van der Waals surface area contributed by atoms with Crippen LogP contribution in [-0.2, 0) is 31.3 Å². The zero-order valence-electron chi connectivity index (χ0n) is 22.7. The first-order valence-electron chi connectivity index (χ1n) is 12.4. The molecule has 3 rings (SSSR count). The lowest BCUT2D eigenvalue weighted by atomic mass is 9.84. The fourth-order valence-corrected chi connectivity index (χ4v) is 7.24. The normalized spacial score (nSPS) is 23.0.